The summed E-state index contributed by atoms with van der Waals surface area (Å²) in [5.41, 5.74) is 2.69. The maximum absolute atomic E-state index is 12.9. The summed E-state index contributed by atoms with van der Waals surface area (Å²) in [5.74, 6) is 0.860. The lowest BCUT2D eigenvalue weighted by Crippen LogP contribution is -2.39. The molecule has 6 heteroatoms. The van der Waals surface area contributed by atoms with Crippen LogP contribution in [-0.2, 0) is 4.74 Å². The van der Waals surface area contributed by atoms with E-state index in [4.69, 9.17) is 9.72 Å². The van der Waals surface area contributed by atoms with E-state index in [9.17, 15) is 4.79 Å². The summed E-state index contributed by atoms with van der Waals surface area (Å²) >= 11 is 1.81. The average molecular weight is 442 g/mol. The van der Waals surface area contributed by atoms with Gasteiger partial charge in [0.05, 0.1) is 20.9 Å². The summed E-state index contributed by atoms with van der Waals surface area (Å²) in [6.07, 6.45) is 2.85. The van der Waals surface area contributed by atoms with Gasteiger partial charge in [0.15, 0.2) is 0 Å². The Bertz CT molecular complexity index is 1020. The van der Waals surface area contributed by atoms with Crippen molar-refractivity contribution < 1.29 is 9.53 Å². The maximum atomic E-state index is 12.9. The lowest BCUT2D eigenvalue weighted by molar-refractivity contribution is 0.0327. The number of amides is 1. The zero-order chi connectivity index (χ0) is 22.6. The second-order valence-corrected chi connectivity index (χ2v) is 12.1. The summed E-state index contributed by atoms with van der Waals surface area (Å²) in [6.45, 7) is 15.4. The summed E-state index contributed by atoms with van der Waals surface area (Å²) in [7, 11) is 2.19. The van der Waals surface area contributed by atoms with Crippen LogP contribution in [0.3, 0.4) is 0 Å². The number of benzene rings is 1. The molecule has 1 saturated heterocycles. The zero-order valence-electron chi connectivity index (χ0n) is 19.9. The van der Waals surface area contributed by atoms with Crippen LogP contribution < -0.4 is 0 Å². The highest BCUT2D eigenvalue weighted by Crippen LogP contribution is 2.44. The highest BCUT2D eigenvalue weighted by Gasteiger charge is 2.40. The second kappa shape index (κ2) is 7.89. The highest BCUT2D eigenvalue weighted by molar-refractivity contribution is 7.18. The van der Waals surface area contributed by atoms with Gasteiger partial charge < -0.3 is 9.64 Å². The molecule has 4 rings (SSSR count). The van der Waals surface area contributed by atoms with E-state index in [0.717, 1.165) is 36.3 Å². The summed E-state index contributed by atoms with van der Waals surface area (Å²) in [6, 6.07) is 6.42. The number of hydrogen-bond donors (Lipinski definition) is 0. The van der Waals surface area contributed by atoms with Crippen molar-refractivity contribution >= 4 is 33.3 Å². The summed E-state index contributed by atoms with van der Waals surface area (Å²) in [5, 5.41) is 1.22. The molecule has 1 aromatic heterocycles. The number of carbonyl (C=O) groups excluding carboxylic acids is 1. The first-order valence-corrected chi connectivity index (χ1v) is 12.0. The van der Waals surface area contributed by atoms with Gasteiger partial charge in [-0.2, -0.15) is 0 Å². The number of allylic oxidation sites excluding steroid dienone is 1. The molecule has 2 aliphatic heterocycles. The third kappa shape index (κ3) is 4.65. The van der Waals surface area contributed by atoms with Crippen molar-refractivity contribution in [3.05, 3.63) is 34.8 Å². The Kier molecular flexibility index (Phi) is 5.67. The van der Waals surface area contributed by atoms with Crippen molar-refractivity contribution in [2.24, 2.45) is 11.3 Å². The Balaban J connectivity index is 1.66. The van der Waals surface area contributed by atoms with E-state index in [1.165, 1.54) is 9.71 Å². The van der Waals surface area contributed by atoms with Gasteiger partial charge in [0, 0.05) is 31.1 Å². The Hall–Kier alpha value is -1.92. The second-order valence-electron chi connectivity index (χ2n) is 11.0. The van der Waals surface area contributed by atoms with Crippen molar-refractivity contribution in [3.8, 4) is 0 Å². The van der Waals surface area contributed by atoms with Crippen molar-refractivity contribution in [2.45, 2.75) is 59.5 Å². The number of rotatable bonds is 2. The van der Waals surface area contributed by atoms with E-state index in [1.807, 2.05) is 32.1 Å². The molecule has 168 valence electrons. The largest absolute Gasteiger partial charge is 0.443 e. The molecular weight excluding hydrogens is 406 g/mol. The van der Waals surface area contributed by atoms with Crippen molar-refractivity contribution in [1.82, 2.24) is 14.8 Å². The van der Waals surface area contributed by atoms with Crippen molar-refractivity contribution in [1.29, 1.82) is 0 Å². The molecular formula is C25H35N3O2S. The van der Waals surface area contributed by atoms with Gasteiger partial charge in [-0.15, -0.1) is 11.3 Å². The smallest absolute Gasteiger partial charge is 0.414 e. The molecule has 2 atom stereocenters. The fourth-order valence-electron chi connectivity index (χ4n) is 4.77. The Morgan fingerprint density at radius 2 is 2.00 bits per heavy atom. The number of carbonyl (C=O) groups is 1. The van der Waals surface area contributed by atoms with E-state index in [1.54, 1.807) is 4.90 Å². The number of aromatic nitrogens is 1. The molecule has 1 amide bonds. The number of hydrogen-bond acceptors (Lipinski definition) is 5. The molecule has 31 heavy (non-hydrogen) atoms. The highest BCUT2D eigenvalue weighted by atomic mass is 32.1. The maximum Gasteiger partial charge on any atom is 0.414 e. The molecule has 1 fully saturated rings. The molecule has 1 unspecified atom stereocenters. The first-order chi connectivity index (χ1) is 14.4. The van der Waals surface area contributed by atoms with Gasteiger partial charge in [-0.1, -0.05) is 32.9 Å². The topological polar surface area (TPSA) is 45.7 Å². The Labute approximate surface area is 190 Å². The van der Waals surface area contributed by atoms with E-state index in [0.29, 0.717) is 18.4 Å². The molecule has 5 nitrogen and oxygen atoms in total. The molecule has 0 bridgehead atoms. The molecule has 0 aliphatic carbocycles. The van der Waals surface area contributed by atoms with Crippen LogP contribution in [0.5, 0.6) is 0 Å². The quantitative estimate of drug-likeness (QED) is 0.576. The summed E-state index contributed by atoms with van der Waals surface area (Å²) in [4.78, 5) is 22.2. The van der Waals surface area contributed by atoms with Crippen LogP contribution in [0.1, 0.15) is 64.5 Å². The van der Waals surface area contributed by atoms with Crippen LogP contribution in [-0.4, -0.2) is 53.2 Å². The van der Waals surface area contributed by atoms with E-state index in [2.05, 4.69) is 57.0 Å². The minimum absolute atomic E-state index is 0.223. The fourth-order valence-corrected chi connectivity index (χ4v) is 6.02. The number of nitrogens with zero attached hydrogens (tertiary/aromatic N) is 3. The van der Waals surface area contributed by atoms with Gasteiger partial charge >= 0.3 is 6.09 Å². The number of thiazole rings is 1. The number of fused-ring (bicyclic) bond motifs is 1. The first kappa shape index (κ1) is 22.3. The molecule has 0 spiro atoms. The van der Waals surface area contributed by atoms with Gasteiger partial charge in [0.1, 0.15) is 5.60 Å². The minimum Gasteiger partial charge on any atom is -0.443 e. The van der Waals surface area contributed by atoms with Crippen LogP contribution in [0, 0.1) is 11.3 Å². The predicted octanol–water partition coefficient (Wildman–Crippen LogP) is 5.97. The molecule has 2 aliphatic rings. The monoisotopic (exact) mass is 441 g/mol. The normalized spacial score (nSPS) is 24.5. The van der Waals surface area contributed by atoms with E-state index >= 15 is 0 Å². The van der Waals surface area contributed by atoms with Crippen LogP contribution >= 0.6 is 11.3 Å². The molecule has 1 aromatic carbocycles. The van der Waals surface area contributed by atoms with Gasteiger partial charge in [0.2, 0.25) is 0 Å². The third-order valence-electron chi connectivity index (χ3n) is 6.23. The van der Waals surface area contributed by atoms with Gasteiger partial charge in [-0.05, 0) is 57.7 Å². The van der Waals surface area contributed by atoms with Crippen LogP contribution in [0.15, 0.2) is 24.3 Å². The fraction of sp³-hybridized carbons (Fsp3) is 0.600. The molecule has 0 N–H and O–H groups in total. The summed E-state index contributed by atoms with van der Waals surface area (Å²) < 4.78 is 6.90. The van der Waals surface area contributed by atoms with Crippen molar-refractivity contribution in [2.75, 3.05) is 26.7 Å². The lowest BCUT2D eigenvalue weighted by atomic mass is 9.82. The molecule has 2 aromatic rings. The number of likely N-dealkylation sites (N-methyl/N-ethyl adjacent to an activating group) is 1. The number of likely N-dealkylation sites (tertiary alicyclic amines) is 1. The third-order valence-corrected chi connectivity index (χ3v) is 7.38. The van der Waals surface area contributed by atoms with Gasteiger partial charge in [-0.25, -0.2) is 9.78 Å². The number of ether oxygens (including phenoxy) is 1. The predicted molar refractivity (Wildman–Crippen MR) is 128 cm³/mol. The Morgan fingerprint density at radius 1 is 1.26 bits per heavy atom. The van der Waals surface area contributed by atoms with E-state index in [-0.39, 0.29) is 11.5 Å². The average Bonchev–Trinajstić information content (AvgIpc) is 3.18. The van der Waals surface area contributed by atoms with Crippen LogP contribution in [0.2, 0.25) is 0 Å². The minimum atomic E-state index is -0.516. The SMILES string of the molecule is C[C@H]1CC=C(c2ccc3sc(C4CN(C)CC4(C)C)nc3c2)N(C(=O)OC(C)(C)C)C1. The lowest BCUT2D eigenvalue weighted by Gasteiger charge is -2.33. The van der Waals surface area contributed by atoms with Gasteiger partial charge in [0.25, 0.3) is 0 Å². The first-order valence-electron chi connectivity index (χ1n) is 11.2. The molecule has 0 radical (unpaired) electrons. The van der Waals surface area contributed by atoms with E-state index < -0.39 is 5.60 Å². The van der Waals surface area contributed by atoms with Crippen LogP contribution in [0.25, 0.3) is 15.9 Å². The van der Waals surface area contributed by atoms with Gasteiger partial charge in [-0.3, -0.25) is 4.90 Å². The molecule has 3 heterocycles. The molecule has 0 saturated carbocycles. The zero-order valence-corrected chi connectivity index (χ0v) is 20.7. The standard InChI is InChI=1S/C25H35N3O2S/c1-16-8-10-20(28(13-16)23(29)30-24(2,3)4)17-9-11-21-19(12-17)26-22(31-21)18-14-27(7)15-25(18,5)6/h9-12,16,18H,8,13-15H2,1-7H3/t16-,18?/m0/s1. The van der Waals surface area contributed by atoms with Crippen LogP contribution in [0.4, 0.5) is 4.79 Å². The Morgan fingerprint density at radius 3 is 2.65 bits per heavy atom. The van der Waals surface area contributed by atoms with Crippen molar-refractivity contribution in [3.63, 3.8) is 0 Å².